The molecule has 0 amide bonds. The minimum Gasteiger partial charge on any atom is -0.508 e. The van der Waals surface area contributed by atoms with Crippen molar-refractivity contribution in [2.24, 2.45) is 0 Å². The van der Waals surface area contributed by atoms with Crippen LogP contribution in [-0.2, 0) is 6.42 Å². The van der Waals surface area contributed by atoms with Gasteiger partial charge in [0.25, 0.3) is 0 Å². The molecular weight excluding hydrogens is 198 g/mol. The molecule has 0 spiro atoms. The molecule has 0 radical (unpaired) electrons. The first-order chi connectivity index (χ1) is 7.83. The second-order valence-corrected chi connectivity index (χ2v) is 5.15. The highest BCUT2D eigenvalue weighted by atomic mass is 16.3. The van der Waals surface area contributed by atoms with Crippen molar-refractivity contribution in [1.29, 1.82) is 0 Å². The molecule has 1 aromatic rings. The molecule has 1 atom stereocenters. The number of aryl methyl sites for hydroxylation is 1. The maximum Gasteiger partial charge on any atom is 0.115 e. The molecule has 16 heavy (non-hydrogen) atoms. The number of hydrogen-bond acceptors (Lipinski definition) is 2. The Morgan fingerprint density at radius 1 is 1.25 bits per heavy atom. The van der Waals surface area contributed by atoms with Crippen LogP contribution in [0.4, 0.5) is 0 Å². The maximum atomic E-state index is 9.58. The summed E-state index contributed by atoms with van der Waals surface area (Å²) >= 11 is 0. The van der Waals surface area contributed by atoms with Crippen molar-refractivity contribution >= 4 is 0 Å². The van der Waals surface area contributed by atoms with E-state index in [0.717, 1.165) is 12.6 Å². The summed E-state index contributed by atoms with van der Waals surface area (Å²) in [6.45, 7) is 1.08. The molecular formula is C14H19NO. The average molecular weight is 217 g/mol. The minimum absolute atomic E-state index is 0.414. The molecule has 0 aliphatic heterocycles. The zero-order valence-electron chi connectivity index (χ0n) is 9.58. The Bertz CT molecular complexity index is 384. The Kier molecular flexibility index (Phi) is 2.60. The van der Waals surface area contributed by atoms with Gasteiger partial charge in [-0.1, -0.05) is 6.07 Å². The molecule has 1 unspecified atom stereocenters. The highest BCUT2D eigenvalue weighted by Gasteiger charge is 2.25. The first kappa shape index (κ1) is 10.2. The van der Waals surface area contributed by atoms with Gasteiger partial charge >= 0.3 is 0 Å². The second kappa shape index (κ2) is 4.10. The molecule has 1 aromatic carbocycles. The van der Waals surface area contributed by atoms with Crippen molar-refractivity contribution in [3.8, 4) is 5.75 Å². The normalized spacial score (nSPS) is 24.1. The SMILES string of the molecule is Oc1ccc2c(c1)C(CNC1CC1)CCC2. The molecule has 1 saturated carbocycles. The van der Waals surface area contributed by atoms with Crippen LogP contribution in [0.15, 0.2) is 18.2 Å². The maximum absolute atomic E-state index is 9.58. The topological polar surface area (TPSA) is 32.3 Å². The Hall–Kier alpha value is -1.02. The van der Waals surface area contributed by atoms with Gasteiger partial charge in [-0.05, 0) is 61.3 Å². The molecule has 2 N–H and O–H groups in total. The third kappa shape index (κ3) is 2.07. The van der Waals surface area contributed by atoms with Crippen LogP contribution in [0.1, 0.15) is 42.7 Å². The molecule has 86 valence electrons. The van der Waals surface area contributed by atoms with E-state index in [1.807, 2.05) is 12.1 Å². The van der Waals surface area contributed by atoms with Gasteiger partial charge in [0.05, 0.1) is 0 Å². The average Bonchev–Trinajstić information content (AvgIpc) is 3.10. The van der Waals surface area contributed by atoms with E-state index in [-0.39, 0.29) is 0 Å². The Morgan fingerprint density at radius 3 is 2.94 bits per heavy atom. The predicted molar refractivity (Wildman–Crippen MR) is 64.8 cm³/mol. The van der Waals surface area contributed by atoms with Crippen LogP contribution in [0, 0.1) is 0 Å². The third-order valence-electron chi connectivity index (χ3n) is 3.80. The summed E-state index contributed by atoms with van der Waals surface area (Å²) < 4.78 is 0. The second-order valence-electron chi connectivity index (χ2n) is 5.15. The summed E-state index contributed by atoms with van der Waals surface area (Å²) in [7, 11) is 0. The van der Waals surface area contributed by atoms with Gasteiger partial charge in [0.1, 0.15) is 5.75 Å². The lowest BCUT2D eigenvalue weighted by molar-refractivity contribution is 0.465. The van der Waals surface area contributed by atoms with Crippen LogP contribution in [0.25, 0.3) is 0 Å². The van der Waals surface area contributed by atoms with E-state index in [1.54, 1.807) is 0 Å². The minimum atomic E-state index is 0.414. The fraction of sp³-hybridized carbons (Fsp3) is 0.571. The fourth-order valence-corrected chi connectivity index (χ4v) is 2.69. The lowest BCUT2D eigenvalue weighted by Crippen LogP contribution is -2.25. The van der Waals surface area contributed by atoms with E-state index in [0.29, 0.717) is 11.7 Å². The number of hydrogen-bond donors (Lipinski definition) is 2. The Labute approximate surface area is 96.7 Å². The monoisotopic (exact) mass is 217 g/mol. The quantitative estimate of drug-likeness (QED) is 0.815. The van der Waals surface area contributed by atoms with E-state index >= 15 is 0 Å². The Morgan fingerprint density at radius 2 is 2.12 bits per heavy atom. The number of rotatable bonds is 3. The number of aromatic hydroxyl groups is 1. The standard InChI is InChI=1S/C14H19NO/c16-13-7-4-10-2-1-3-11(14(10)8-13)9-15-12-5-6-12/h4,7-8,11-12,15-16H,1-3,5-6,9H2. The third-order valence-corrected chi connectivity index (χ3v) is 3.80. The van der Waals surface area contributed by atoms with E-state index in [1.165, 1.54) is 43.2 Å². The number of nitrogens with one attached hydrogen (secondary N) is 1. The van der Waals surface area contributed by atoms with Gasteiger partial charge in [-0.25, -0.2) is 0 Å². The molecule has 0 aromatic heterocycles. The van der Waals surface area contributed by atoms with Crippen LogP contribution in [-0.4, -0.2) is 17.7 Å². The van der Waals surface area contributed by atoms with Gasteiger partial charge in [-0.2, -0.15) is 0 Å². The summed E-state index contributed by atoms with van der Waals surface area (Å²) in [6, 6.07) is 6.65. The summed E-state index contributed by atoms with van der Waals surface area (Å²) in [5, 5.41) is 13.2. The molecule has 3 rings (SSSR count). The molecule has 1 fully saturated rings. The van der Waals surface area contributed by atoms with Crippen molar-refractivity contribution < 1.29 is 5.11 Å². The summed E-state index contributed by atoms with van der Waals surface area (Å²) in [5.41, 5.74) is 2.81. The van der Waals surface area contributed by atoms with Crippen LogP contribution in [0.3, 0.4) is 0 Å². The number of phenolic OH excluding ortho intramolecular Hbond substituents is 1. The zero-order valence-corrected chi connectivity index (χ0v) is 9.58. The molecule has 0 saturated heterocycles. The molecule has 2 aliphatic carbocycles. The lowest BCUT2D eigenvalue weighted by atomic mass is 9.82. The van der Waals surface area contributed by atoms with Crippen molar-refractivity contribution in [3.05, 3.63) is 29.3 Å². The first-order valence-corrected chi connectivity index (χ1v) is 6.38. The van der Waals surface area contributed by atoms with Crippen LogP contribution >= 0.6 is 0 Å². The van der Waals surface area contributed by atoms with Crippen molar-refractivity contribution in [1.82, 2.24) is 5.32 Å². The predicted octanol–water partition coefficient (Wildman–Crippen LogP) is 2.56. The fourth-order valence-electron chi connectivity index (χ4n) is 2.69. The summed E-state index contributed by atoms with van der Waals surface area (Å²) in [5.74, 6) is 1.02. The Balaban J connectivity index is 1.77. The highest BCUT2D eigenvalue weighted by Crippen LogP contribution is 2.34. The first-order valence-electron chi connectivity index (χ1n) is 6.38. The van der Waals surface area contributed by atoms with Gasteiger partial charge in [0, 0.05) is 12.6 Å². The molecule has 2 nitrogen and oxygen atoms in total. The molecule has 0 bridgehead atoms. The van der Waals surface area contributed by atoms with Gasteiger partial charge in [0.2, 0.25) is 0 Å². The van der Waals surface area contributed by atoms with Gasteiger partial charge in [0.15, 0.2) is 0 Å². The smallest absolute Gasteiger partial charge is 0.115 e. The van der Waals surface area contributed by atoms with Gasteiger partial charge in [-0.3, -0.25) is 0 Å². The van der Waals surface area contributed by atoms with Crippen LogP contribution < -0.4 is 5.32 Å². The van der Waals surface area contributed by atoms with Crippen molar-refractivity contribution in [2.45, 2.75) is 44.1 Å². The van der Waals surface area contributed by atoms with Gasteiger partial charge in [-0.15, -0.1) is 0 Å². The van der Waals surface area contributed by atoms with Gasteiger partial charge < -0.3 is 10.4 Å². The van der Waals surface area contributed by atoms with Crippen LogP contribution in [0.2, 0.25) is 0 Å². The number of phenols is 1. The van der Waals surface area contributed by atoms with Crippen molar-refractivity contribution in [2.75, 3.05) is 6.54 Å². The molecule has 2 aliphatic rings. The van der Waals surface area contributed by atoms with E-state index < -0.39 is 0 Å². The van der Waals surface area contributed by atoms with Crippen molar-refractivity contribution in [3.63, 3.8) is 0 Å². The zero-order chi connectivity index (χ0) is 11.0. The molecule has 2 heteroatoms. The summed E-state index contributed by atoms with van der Waals surface area (Å²) in [4.78, 5) is 0. The van der Waals surface area contributed by atoms with E-state index in [9.17, 15) is 5.11 Å². The number of benzene rings is 1. The number of fused-ring (bicyclic) bond motifs is 1. The van der Waals surface area contributed by atoms with Crippen LogP contribution in [0.5, 0.6) is 5.75 Å². The highest BCUT2D eigenvalue weighted by molar-refractivity contribution is 5.39. The molecule has 0 heterocycles. The largest absolute Gasteiger partial charge is 0.508 e. The lowest BCUT2D eigenvalue weighted by Gasteiger charge is -2.26. The van der Waals surface area contributed by atoms with E-state index in [2.05, 4.69) is 11.4 Å². The summed E-state index contributed by atoms with van der Waals surface area (Å²) in [6.07, 6.45) is 6.42. The van der Waals surface area contributed by atoms with E-state index in [4.69, 9.17) is 0 Å².